The standard InChI is InChI=1S/C27H35BrFN3O6S/c1-6-38-26(35)23-20-16-21(28)22(36-5)15-18(20)10-12-31(23)24(33)25(34)32(27(2,3)4)11-8-14-37-13-7-9-19(39)17-30-29/h15-17,23,30,39H,6,8,10-14H2,1-5H3/b19-17-. The number of nitrogens with one attached hydrogen (secondary N) is 1. The molecule has 0 fully saturated rings. The van der Waals surface area contributed by atoms with E-state index in [-0.39, 0.29) is 37.8 Å². The monoisotopic (exact) mass is 627 g/mol. The molecule has 0 saturated carbocycles. The minimum absolute atomic E-state index is 0.0985. The number of thiol groups is 1. The Hall–Kier alpha value is -2.75. The summed E-state index contributed by atoms with van der Waals surface area (Å²) in [6.45, 7) is 8.13. The van der Waals surface area contributed by atoms with Gasteiger partial charge < -0.3 is 24.0 Å². The number of halogens is 2. The molecule has 1 N–H and O–H groups in total. The smallest absolute Gasteiger partial charge is 0.333 e. The number of nitrogens with zero attached hydrogens (tertiary/aromatic N) is 2. The molecule has 0 bridgehead atoms. The minimum Gasteiger partial charge on any atom is -0.496 e. The Morgan fingerprint density at radius 1 is 1.33 bits per heavy atom. The Bertz CT molecular complexity index is 1140. The molecule has 1 aromatic carbocycles. The van der Waals surface area contributed by atoms with Crippen LogP contribution >= 0.6 is 28.6 Å². The Morgan fingerprint density at radius 3 is 2.67 bits per heavy atom. The SMILES string of the molecule is CCOC(=O)C1c2cc(Br)c(OC)cc2CCN1C(=O)C(=O)N(CCCOCC#C/C(S)=C/NF)C(C)(C)C. The van der Waals surface area contributed by atoms with Crippen LogP contribution in [-0.4, -0.2) is 73.1 Å². The molecule has 2 rings (SSSR count). The molecular formula is C27H35BrFN3O6S. The molecule has 1 heterocycles. The second kappa shape index (κ2) is 15.1. The van der Waals surface area contributed by atoms with E-state index >= 15 is 0 Å². The van der Waals surface area contributed by atoms with E-state index in [1.54, 1.807) is 20.1 Å². The van der Waals surface area contributed by atoms with Crippen molar-refractivity contribution in [2.45, 2.75) is 52.1 Å². The van der Waals surface area contributed by atoms with Gasteiger partial charge in [0, 0.05) is 25.2 Å². The van der Waals surface area contributed by atoms with E-state index in [1.165, 1.54) is 15.3 Å². The molecule has 0 spiro atoms. The molecule has 1 unspecified atom stereocenters. The van der Waals surface area contributed by atoms with Gasteiger partial charge in [-0.15, -0.1) is 17.1 Å². The lowest BCUT2D eigenvalue weighted by atomic mass is 9.92. The number of amides is 2. The lowest BCUT2D eigenvalue weighted by Gasteiger charge is -2.39. The average Bonchev–Trinajstić information content (AvgIpc) is 2.87. The normalized spacial score (nSPS) is 15.0. The van der Waals surface area contributed by atoms with Crippen molar-refractivity contribution in [1.82, 2.24) is 15.3 Å². The van der Waals surface area contributed by atoms with Crippen LogP contribution in [0.3, 0.4) is 0 Å². The van der Waals surface area contributed by atoms with E-state index < -0.39 is 29.4 Å². The summed E-state index contributed by atoms with van der Waals surface area (Å²) in [5, 5.41) is 0. The molecule has 1 aromatic rings. The van der Waals surface area contributed by atoms with Crippen molar-refractivity contribution in [2.75, 3.05) is 40.0 Å². The van der Waals surface area contributed by atoms with Gasteiger partial charge in [0.2, 0.25) is 0 Å². The third kappa shape index (κ3) is 8.88. The maximum absolute atomic E-state index is 13.6. The van der Waals surface area contributed by atoms with Crippen LogP contribution < -0.4 is 10.3 Å². The number of carbonyl (C=O) groups excluding carboxylic acids is 3. The predicted octanol–water partition coefficient (Wildman–Crippen LogP) is 3.73. The molecule has 1 atom stereocenters. The predicted molar refractivity (Wildman–Crippen MR) is 151 cm³/mol. The highest BCUT2D eigenvalue weighted by Gasteiger charge is 2.42. The van der Waals surface area contributed by atoms with Crippen molar-refractivity contribution in [2.24, 2.45) is 0 Å². The highest BCUT2D eigenvalue weighted by Crippen LogP contribution is 2.37. The molecule has 9 nitrogen and oxygen atoms in total. The fourth-order valence-corrected chi connectivity index (χ4v) is 4.76. The highest BCUT2D eigenvalue weighted by atomic mass is 79.9. The summed E-state index contributed by atoms with van der Waals surface area (Å²) >= 11 is 7.42. The third-order valence-corrected chi connectivity index (χ3v) is 6.76. The number of methoxy groups -OCH3 is 1. The summed E-state index contributed by atoms with van der Waals surface area (Å²) in [5.74, 6) is 3.82. The Labute approximate surface area is 242 Å². The number of carbonyl (C=O) groups is 3. The second-order valence-corrected chi connectivity index (χ2v) is 10.9. The van der Waals surface area contributed by atoms with E-state index in [0.29, 0.717) is 28.6 Å². The van der Waals surface area contributed by atoms with E-state index in [1.807, 2.05) is 26.8 Å². The molecule has 1 aliphatic heterocycles. The molecule has 0 saturated heterocycles. The first kappa shape index (κ1) is 32.5. The zero-order chi connectivity index (χ0) is 29.2. The lowest BCUT2D eigenvalue weighted by molar-refractivity contribution is -0.162. The van der Waals surface area contributed by atoms with Gasteiger partial charge in [-0.1, -0.05) is 11.8 Å². The van der Waals surface area contributed by atoms with Crippen molar-refractivity contribution in [1.29, 1.82) is 0 Å². The Kier molecular flexibility index (Phi) is 12.6. The van der Waals surface area contributed by atoms with Crippen LogP contribution in [0, 0.1) is 11.8 Å². The van der Waals surface area contributed by atoms with Gasteiger partial charge in [-0.3, -0.25) is 9.59 Å². The van der Waals surface area contributed by atoms with Crippen molar-refractivity contribution in [3.8, 4) is 17.6 Å². The van der Waals surface area contributed by atoms with E-state index in [9.17, 15) is 18.9 Å². The average molecular weight is 629 g/mol. The first-order valence-corrected chi connectivity index (χ1v) is 13.7. The molecular weight excluding hydrogens is 593 g/mol. The lowest BCUT2D eigenvalue weighted by Crippen LogP contribution is -2.55. The van der Waals surface area contributed by atoms with Crippen LogP contribution in [0.15, 0.2) is 27.7 Å². The summed E-state index contributed by atoms with van der Waals surface area (Å²) in [6, 6.07) is 2.50. The highest BCUT2D eigenvalue weighted by molar-refractivity contribution is 9.10. The minimum atomic E-state index is -1.06. The van der Waals surface area contributed by atoms with E-state index in [0.717, 1.165) is 11.8 Å². The summed E-state index contributed by atoms with van der Waals surface area (Å²) in [7, 11) is 1.55. The third-order valence-electron chi connectivity index (χ3n) is 5.90. The van der Waals surface area contributed by atoms with Crippen LogP contribution in [-0.2, 0) is 30.3 Å². The number of hydrogen-bond donors (Lipinski definition) is 2. The first-order valence-electron chi connectivity index (χ1n) is 12.4. The summed E-state index contributed by atoms with van der Waals surface area (Å²) < 4.78 is 28.7. The molecule has 12 heteroatoms. The summed E-state index contributed by atoms with van der Waals surface area (Å²) in [5.41, 5.74) is 2.11. The molecule has 39 heavy (non-hydrogen) atoms. The van der Waals surface area contributed by atoms with Crippen LogP contribution in [0.2, 0.25) is 0 Å². The van der Waals surface area contributed by atoms with Crippen LogP contribution in [0.1, 0.15) is 51.3 Å². The second-order valence-electron chi connectivity index (χ2n) is 9.56. The van der Waals surface area contributed by atoms with Gasteiger partial charge in [0.1, 0.15) is 12.4 Å². The van der Waals surface area contributed by atoms with Gasteiger partial charge in [0.25, 0.3) is 0 Å². The van der Waals surface area contributed by atoms with Crippen molar-refractivity contribution in [3.05, 3.63) is 38.8 Å². The topological polar surface area (TPSA) is 97.4 Å². The molecule has 0 aliphatic carbocycles. The molecule has 214 valence electrons. The molecule has 1 aliphatic rings. The van der Waals surface area contributed by atoms with Crippen LogP contribution in [0.25, 0.3) is 0 Å². The Balaban J connectivity index is 2.19. The van der Waals surface area contributed by atoms with E-state index in [2.05, 4.69) is 40.4 Å². The van der Waals surface area contributed by atoms with Gasteiger partial charge in [-0.25, -0.2) is 10.3 Å². The van der Waals surface area contributed by atoms with Gasteiger partial charge in [0.05, 0.1) is 29.3 Å². The van der Waals surface area contributed by atoms with Crippen molar-refractivity contribution in [3.63, 3.8) is 0 Å². The van der Waals surface area contributed by atoms with E-state index in [4.69, 9.17) is 14.2 Å². The fraction of sp³-hybridized carbons (Fsp3) is 0.519. The summed E-state index contributed by atoms with van der Waals surface area (Å²) in [6.07, 6.45) is 1.90. The molecule has 0 radical (unpaired) electrons. The fourth-order valence-electron chi connectivity index (χ4n) is 4.11. The first-order chi connectivity index (χ1) is 18.5. The van der Waals surface area contributed by atoms with Crippen LogP contribution in [0.4, 0.5) is 4.48 Å². The van der Waals surface area contributed by atoms with Gasteiger partial charge >= 0.3 is 17.8 Å². The number of rotatable bonds is 9. The number of benzene rings is 1. The molecule has 0 aromatic heterocycles. The quantitative estimate of drug-likeness (QED) is 0.108. The summed E-state index contributed by atoms with van der Waals surface area (Å²) in [4.78, 5) is 43.2. The van der Waals surface area contributed by atoms with Gasteiger partial charge in [-0.05, 0) is 79.7 Å². The van der Waals surface area contributed by atoms with Crippen molar-refractivity contribution >= 4 is 46.3 Å². The number of ether oxygens (including phenoxy) is 3. The number of esters is 1. The number of fused-ring (bicyclic) bond motifs is 1. The van der Waals surface area contributed by atoms with Gasteiger partial charge in [-0.2, -0.15) is 0 Å². The number of allylic oxidation sites excluding steroid dienone is 1. The molecule has 2 amide bonds. The van der Waals surface area contributed by atoms with Crippen LogP contribution in [0.5, 0.6) is 5.75 Å². The zero-order valence-electron chi connectivity index (χ0n) is 22.8. The maximum atomic E-state index is 13.6. The largest absolute Gasteiger partial charge is 0.496 e. The Morgan fingerprint density at radius 2 is 2.05 bits per heavy atom. The number of hydrogen-bond acceptors (Lipinski definition) is 8. The van der Waals surface area contributed by atoms with Gasteiger partial charge in [0.15, 0.2) is 6.04 Å². The maximum Gasteiger partial charge on any atom is 0.333 e. The van der Waals surface area contributed by atoms with Crippen molar-refractivity contribution < 1.29 is 33.1 Å². The zero-order valence-corrected chi connectivity index (χ0v) is 25.3.